The lowest BCUT2D eigenvalue weighted by Gasteiger charge is -2.23. The van der Waals surface area contributed by atoms with Crippen molar-refractivity contribution in [1.82, 2.24) is 20.6 Å². The number of carbonyl (C=O) groups is 3. The van der Waals surface area contributed by atoms with Crippen LogP contribution in [-0.2, 0) is 38.4 Å². The predicted molar refractivity (Wildman–Crippen MR) is 141 cm³/mol. The van der Waals surface area contributed by atoms with Gasteiger partial charge in [0.1, 0.15) is 12.1 Å². The molecule has 0 saturated heterocycles. The average Bonchev–Trinajstić information content (AvgIpc) is 3.37. The number of aromatic amines is 1. The number of methoxy groups -OCH3 is 1. The maximum atomic E-state index is 13.2. The topological polar surface area (TPSA) is 139 Å². The van der Waals surface area contributed by atoms with Crippen molar-refractivity contribution in [2.24, 2.45) is 5.73 Å². The van der Waals surface area contributed by atoms with E-state index in [2.05, 4.69) is 20.6 Å². The number of amides is 2. The number of aromatic nitrogens is 2. The van der Waals surface area contributed by atoms with Gasteiger partial charge >= 0.3 is 5.97 Å². The van der Waals surface area contributed by atoms with Crippen LogP contribution in [0.4, 0.5) is 0 Å². The van der Waals surface area contributed by atoms with E-state index < -0.39 is 35.9 Å². The lowest BCUT2D eigenvalue weighted by Crippen LogP contribution is -2.56. The molecule has 0 aliphatic carbocycles. The summed E-state index contributed by atoms with van der Waals surface area (Å²) >= 11 is 0. The first-order valence-corrected chi connectivity index (χ1v) is 11.0. The number of imidazole rings is 1. The van der Waals surface area contributed by atoms with Gasteiger partial charge in [0.15, 0.2) is 0 Å². The Morgan fingerprint density at radius 1 is 0.861 bits per heavy atom. The summed E-state index contributed by atoms with van der Waals surface area (Å²) in [7, 11) is 1.25. The number of benzene rings is 2. The number of hydrogen-bond acceptors (Lipinski definition) is 6. The number of rotatable bonds is 11. The standard InChI is InChI=1S/C25H29N5O4.2ClH/c1-34-25(33)22(14-19-15-27-16-28-19)30-24(32)21(13-18-10-6-3-7-11-18)29-23(31)20(26)12-17-8-4-2-5-9-17;;/h2-11,15-16,20-22H,12-14,26H2,1H3,(H,27,28)(H,29,31)(H,30,32);2*1H/t20-,21-,22-;;/m0../s1. The highest BCUT2D eigenvalue weighted by Gasteiger charge is 2.29. The SMILES string of the molecule is COC(=O)[C@H](Cc1cnc[nH]1)NC(=O)[C@H](Cc1ccccc1)NC(=O)[C@@H](N)Cc1ccccc1.Cl.Cl. The van der Waals surface area contributed by atoms with Gasteiger partial charge < -0.3 is 26.1 Å². The summed E-state index contributed by atoms with van der Waals surface area (Å²) in [6, 6.07) is 16.0. The van der Waals surface area contributed by atoms with E-state index >= 15 is 0 Å². The van der Waals surface area contributed by atoms with E-state index in [1.165, 1.54) is 13.4 Å². The van der Waals surface area contributed by atoms with Gasteiger partial charge in [-0.25, -0.2) is 9.78 Å². The van der Waals surface area contributed by atoms with E-state index in [0.29, 0.717) is 12.1 Å². The molecule has 0 radical (unpaired) electrons. The normalized spacial score (nSPS) is 12.6. The zero-order chi connectivity index (χ0) is 24.3. The molecule has 0 aliphatic rings. The summed E-state index contributed by atoms with van der Waals surface area (Å²) in [5.41, 5.74) is 8.55. The number of halogens is 2. The van der Waals surface area contributed by atoms with Crippen molar-refractivity contribution in [3.05, 3.63) is 90.0 Å². The second-order valence-electron chi connectivity index (χ2n) is 7.91. The second kappa shape index (κ2) is 15.6. The summed E-state index contributed by atoms with van der Waals surface area (Å²) in [6.07, 6.45) is 3.77. The fourth-order valence-electron chi connectivity index (χ4n) is 3.52. The first kappa shape index (κ1) is 30.6. The molecule has 0 bridgehead atoms. The Morgan fingerprint density at radius 2 is 1.42 bits per heavy atom. The summed E-state index contributed by atoms with van der Waals surface area (Å²) < 4.78 is 4.85. The van der Waals surface area contributed by atoms with Gasteiger partial charge in [0.05, 0.1) is 19.5 Å². The Morgan fingerprint density at radius 3 is 1.94 bits per heavy atom. The van der Waals surface area contributed by atoms with Crippen LogP contribution in [0.25, 0.3) is 0 Å². The highest BCUT2D eigenvalue weighted by Crippen LogP contribution is 2.08. The Kier molecular flexibility index (Phi) is 13.2. The Labute approximate surface area is 222 Å². The van der Waals surface area contributed by atoms with Gasteiger partial charge in [0.2, 0.25) is 11.8 Å². The third-order valence-electron chi connectivity index (χ3n) is 5.33. The number of ether oxygens (including phenoxy) is 1. The maximum Gasteiger partial charge on any atom is 0.328 e. The van der Waals surface area contributed by atoms with Gasteiger partial charge in [0.25, 0.3) is 0 Å². The molecule has 1 heterocycles. The maximum absolute atomic E-state index is 13.2. The second-order valence-corrected chi connectivity index (χ2v) is 7.91. The molecule has 3 atom stereocenters. The van der Waals surface area contributed by atoms with Crippen LogP contribution in [0.1, 0.15) is 16.8 Å². The minimum absolute atomic E-state index is 0. The molecule has 0 aliphatic heterocycles. The number of nitrogens with two attached hydrogens (primary N) is 1. The van der Waals surface area contributed by atoms with Gasteiger partial charge in [-0.1, -0.05) is 60.7 Å². The number of hydrogen-bond donors (Lipinski definition) is 4. The molecule has 2 amide bonds. The molecule has 5 N–H and O–H groups in total. The van der Waals surface area contributed by atoms with Crippen molar-refractivity contribution in [1.29, 1.82) is 0 Å². The van der Waals surface area contributed by atoms with E-state index in [0.717, 1.165) is 11.1 Å². The van der Waals surface area contributed by atoms with Crippen molar-refractivity contribution < 1.29 is 19.1 Å². The smallest absolute Gasteiger partial charge is 0.328 e. The van der Waals surface area contributed by atoms with Crippen molar-refractivity contribution in [3.63, 3.8) is 0 Å². The molecular formula is C25H31Cl2N5O4. The predicted octanol–water partition coefficient (Wildman–Crippen LogP) is 1.75. The molecule has 3 rings (SSSR count). The van der Waals surface area contributed by atoms with Crippen molar-refractivity contribution in [2.45, 2.75) is 37.4 Å². The molecule has 0 unspecified atom stereocenters. The molecule has 36 heavy (non-hydrogen) atoms. The van der Waals surface area contributed by atoms with E-state index in [1.54, 1.807) is 6.20 Å². The first-order valence-electron chi connectivity index (χ1n) is 11.0. The van der Waals surface area contributed by atoms with Gasteiger partial charge in [-0.05, 0) is 17.5 Å². The van der Waals surface area contributed by atoms with Crippen LogP contribution in [-0.4, -0.2) is 53.0 Å². The summed E-state index contributed by atoms with van der Waals surface area (Å²) in [6.45, 7) is 0. The van der Waals surface area contributed by atoms with Crippen LogP contribution in [0.2, 0.25) is 0 Å². The molecule has 0 fully saturated rings. The van der Waals surface area contributed by atoms with Crippen LogP contribution in [0, 0.1) is 0 Å². The highest BCUT2D eigenvalue weighted by molar-refractivity contribution is 5.92. The zero-order valence-electron chi connectivity index (χ0n) is 19.8. The number of H-pyrrole nitrogens is 1. The molecule has 2 aromatic carbocycles. The molecule has 11 heteroatoms. The number of esters is 1. The zero-order valence-corrected chi connectivity index (χ0v) is 21.4. The lowest BCUT2D eigenvalue weighted by molar-refractivity contribution is -0.145. The van der Waals surface area contributed by atoms with Crippen LogP contribution in [0.3, 0.4) is 0 Å². The molecule has 0 saturated carbocycles. The largest absolute Gasteiger partial charge is 0.467 e. The van der Waals surface area contributed by atoms with Crippen molar-refractivity contribution in [2.75, 3.05) is 7.11 Å². The fourth-order valence-corrected chi connectivity index (χ4v) is 3.52. The quantitative estimate of drug-likeness (QED) is 0.276. The molecular weight excluding hydrogens is 505 g/mol. The Bertz CT molecular complexity index is 1070. The van der Waals surface area contributed by atoms with E-state index in [1.807, 2.05) is 60.7 Å². The van der Waals surface area contributed by atoms with Crippen LogP contribution < -0.4 is 16.4 Å². The number of nitrogens with zero attached hydrogens (tertiary/aromatic N) is 1. The third-order valence-corrected chi connectivity index (χ3v) is 5.33. The molecule has 194 valence electrons. The summed E-state index contributed by atoms with van der Waals surface area (Å²) in [5.74, 6) is -1.57. The monoisotopic (exact) mass is 535 g/mol. The molecule has 1 aromatic heterocycles. The minimum Gasteiger partial charge on any atom is -0.467 e. The number of nitrogens with one attached hydrogen (secondary N) is 3. The molecule has 0 spiro atoms. The van der Waals surface area contributed by atoms with E-state index in [9.17, 15) is 14.4 Å². The Balaban J connectivity index is 0.00000324. The van der Waals surface area contributed by atoms with Gasteiger partial charge in [-0.15, -0.1) is 24.8 Å². The van der Waals surface area contributed by atoms with Crippen LogP contribution >= 0.6 is 24.8 Å². The molecule has 9 nitrogen and oxygen atoms in total. The average molecular weight is 536 g/mol. The highest BCUT2D eigenvalue weighted by atomic mass is 35.5. The van der Waals surface area contributed by atoms with E-state index in [-0.39, 0.29) is 37.7 Å². The van der Waals surface area contributed by atoms with Gasteiger partial charge in [-0.2, -0.15) is 0 Å². The van der Waals surface area contributed by atoms with Crippen LogP contribution in [0.15, 0.2) is 73.2 Å². The third kappa shape index (κ3) is 9.33. The van der Waals surface area contributed by atoms with Crippen LogP contribution in [0.5, 0.6) is 0 Å². The summed E-state index contributed by atoms with van der Waals surface area (Å²) in [5, 5.41) is 5.46. The number of carbonyl (C=O) groups excluding carboxylic acids is 3. The summed E-state index contributed by atoms with van der Waals surface area (Å²) in [4.78, 5) is 45.2. The van der Waals surface area contributed by atoms with Crippen molar-refractivity contribution >= 4 is 42.6 Å². The fraction of sp³-hybridized carbons (Fsp3) is 0.280. The Hall–Kier alpha value is -3.40. The lowest BCUT2D eigenvalue weighted by atomic mass is 10.0. The first-order chi connectivity index (χ1) is 16.5. The van der Waals surface area contributed by atoms with Crippen molar-refractivity contribution in [3.8, 4) is 0 Å². The molecule has 3 aromatic rings. The van der Waals surface area contributed by atoms with Gasteiger partial charge in [0, 0.05) is 24.7 Å². The van der Waals surface area contributed by atoms with Gasteiger partial charge in [-0.3, -0.25) is 9.59 Å². The van der Waals surface area contributed by atoms with E-state index in [4.69, 9.17) is 10.5 Å². The minimum atomic E-state index is -0.953.